The molecule has 0 aromatic heterocycles. The van der Waals surface area contributed by atoms with E-state index < -0.39 is 0 Å². The third-order valence-corrected chi connectivity index (χ3v) is 3.94. The minimum Gasteiger partial charge on any atom is -0.445 e. The zero-order valence-corrected chi connectivity index (χ0v) is 13.0. The Morgan fingerprint density at radius 1 is 1.38 bits per heavy atom. The molecule has 0 saturated carbocycles. The second-order valence-electron chi connectivity index (χ2n) is 6.47. The van der Waals surface area contributed by atoms with E-state index in [2.05, 4.69) is 24.5 Å². The van der Waals surface area contributed by atoms with Gasteiger partial charge < -0.3 is 15.4 Å². The molecule has 1 aromatic carbocycles. The fourth-order valence-electron chi connectivity index (χ4n) is 2.85. The molecule has 21 heavy (non-hydrogen) atoms. The van der Waals surface area contributed by atoms with Gasteiger partial charge in [-0.05, 0) is 51.1 Å². The summed E-state index contributed by atoms with van der Waals surface area (Å²) in [6.45, 7) is 6.59. The van der Waals surface area contributed by atoms with Crippen molar-refractivity contribution >= 4 is 6.09 Å². The molecule has 0 spiro atoms. The Kier molecular flexibility index (Phi) is 5.62. The van der Waals surface area contributed by atoms with Crippen molar-refractivity contribution in [2.75, 3.05) is 13.1 Å². The lowest BCUT2D eigenvalue weighted by atomic mass is 9.94. The Morgan fingerprint density at radius 3 is 2.81 bits per heavy atom. The first-order chi connectivity index (χ1) is 10.1. The van der Waals surface area contributed by atoms with Crippen molar-refractivity contribution in [1.82, 2.24) is 10.6 Å². The summed E-state index contributed by atoms with van der Waals surface area (Å²) in [5.74, 6) is 0.724. The van der Waals surface area contributed by atoms with Gasteiger partial charge >= 0.3 is 6.09 Å². The number of nitrogens with one attached hydrogen (secondary N) is 2. The van der Waals surface area contributed by atoms with Gasteiger partial charge in [0.15, 0.2) is 0 Å². The van der Waals surface area contributed by atoms with Crippen molar-refractivity contribution < 1.29 is 9.53 Å². The first kappa shape index (κ1) is 15.8. The van der Waals surface area contributed by atoms with Crippen LogP contribution in [0.3, 0.4) is 0 Å². The summed E-state index contributed by atoms with van der Waals surface area (Å²) in [7, 11) is 0. The molecule has 1 aliphatic rings. The Bertz CT molecular complexity index is 445. The van der Waals surface area contributed by atoms with E-state index in [1.807, 2.05) is 30.3 Å². The maximum atomic E-state index is 11.6. The molecule has 4 nitrogen and oxygen atoms in total. The number of carbonyl (C=O) groups is 1. The Balaban J connectivity index is 1.54. The lowest BCUT2D eigenvalue weighted by Crippen LogP contribution is -2.31. The average Bonchev–Trinajstić information content (AvgIpc) is 2.82. The number of hydrogen-bond donors (Lipinski definition) is 2. The van der Waals surface area contributed by atoms with E-state index in [4.69, 9.17) is 4.74 Å². The molecule has 1 aromatic rings. The van der Waals surface area contributed by atoms with Gasteiger partial charge in [0.25, 0.3) is 0 Å². The van der Waals surface area contributed by atoms with E-state index in [1.165, 1.54) is 6.42 Å². The van der Waals surface area contributed by atoms with Crippen LogP contribution in [0.2, 0.25) is 0 Å². The van der Waals surface area contributed by atoms with Gasteiger partial charge in [0.1, 0.15) is 6.61 Å². The highest BCUT2D eigenvalue weighted by atomic mass is 16.5. The summed E-state index contributed by atoms with van der Waals surface area (Å²) in [5.41, 5.74) is 1.28. The van der Waals surface area contributed by atoms with Crippen LogP contribution in [-0.4, -0.2) is 24.7 Å². The predicted octanol–water partition coefficient (Wildman–Crippen LogP) is 3.08. The van der Waals surface area contributed by atoms with E-state index in [0.29, 0.717) is 13.2 Å². The molecular formula is C17H26N2O2. The summed E-state index contributed by atoms with van der Waals surface area (Å²) in [6.07, 6.45) is 3.03. The molecule has 1 amide bonds. The third kappa shape index (κ3) is 5.76. The van der Waals surface area contributed by atoms with Crippen molar-refractivity contribution in [1.29, 1.82) is 0 Å². The topological polar surface area (TPSA) is 50.4 Å². The van der Waals surface area contributed by atoms with Crippen LogP contribution in [0.1, 0.15) is 38.7 Å². The quantitative estimate of drug-likeness (QED) is 0.792. The molecular weight excluding hydrogens is 264 g/mol. The SMILES string of the molecule is CC1(C)C[C@H](CCCNC(=O)OCc2ccccc2)CN1. The lowest BCUT2D eigenvalue weighted by Gasteiger charge is -2.17. The van der Waals surface area contributed by atoms with Gasteiger partial charge in [-0.3, -0.25) is 0 Å². The van der Waals surface area contributed by atoms with Crippen LogP contribution in [0.4, 0.5) is 4.79 Å². The number of benzene rings is 1. The zero-order chi connectivity index (χ0) is 15.1. The molecule has 2 N–H and O–H groups in total. The molecule has 1 heterocycles. The van der Waals surface area contributed by atoms with E-state index in [9.17, 15) is 4.79 Å². The van der Waals surface area contributed by atoms with Crippen LogP contribution in [0.15, 0.2) is 30.3 Å². The van der Waals surface area contributed by atoms with E-state index >= 15 is 0 Å². The Morgan fingerprint density at radius 2 is 2.14 bits per heavy atom. The van der Waals surface area contributed by atoms with Crippen LogP contribution < -0.4 is 10.6 Å². The summed E-state index contributed by atoms with van der Waals surface area (Å²) >= 11 is 0. The fraction of sp³-hybridized carbons (Fsp3) is 0.588. The third-order valence-electron chi connectivity index (χ3n) is 3.94. The molecule has 1 saturated heterocycles. The van der Waals surface area contributed by atoms with Crippen molar-refractivity contribution in [3.05, 3.63) is 35.9 Å². The standard InChI is InChI=1S/C17H26N2O2/c1-17(2)11-15(12-19-17)9-6-10-18-16(20)21-13-14-7-4-3-5-8-14/h3-5,7-8,15,19H,6,9-13H2,1-2H3,(H,18,20)/t15-/m0/s1. The second kappa shape index (κ2) is 7.46. The van der Waals surface area contributed by atoms with Gasteiger partial charge in [-0.25, -0.2) is 4.79 Å². The number of alkyl carbamates (subject to hydrolysis) is 1. The summed E-state index contributed by atoms with van der Waals surface area (Å²) in [4.78, 5) is 11.6. The average molecular weight is 290 g/mol. The summed E-state index contributed by atoms with van der Waals surface area (Å²) in [5, 5.41) is 6.34. The predicted molar refractivity (Wildman–Crippen MR) is 84.1 cm³/mol. The van der Waals surface area contributed by atoms with Gasteiger partial charge in [0.05, 0.1) is 0 Å². The van der Waals surface area contributed by atoms with Gasteiger partial charge in [0, 0.05) is 12.1 Å². The molecule has 116 valence electrons. The van der Waals surface area contributed by atoms with Gasteiger partial charge in [-0.15, -0.1) is 0 Å². The maximum Gasteiger partial charge on any atom is 0.407 e. The largest absolute Gasteiger partial charge is 0.445 e. The first-order valence-electron chi connectivity index (χ1n) is 7.75. The van der Waals surface area contributed by atoms with Gasteiger partial charge in [-0.2, -0.15) is 0 Å². The van der Waals surface area contributed by atoms with E-state index in [-0.39, 0.29) is 11.6 Å². The zero-order valence-electron chi connectivity index (χ0n) is 13.0. The number of rotatable bonds is 6. The summed E-state index contributed by atoms with van der Waals surface area (Å²) in [6, 6.07) is 9.72. The molecule has 4 heteroatoms. The number of carbonyl (C=O) groups excluding carboxylic acids is 1. The van der Waals surface area contributed by atoms with Crippen LogP contribution >= 0.6 is 0 Å². The fourth-order valence-corrected chi connectivity index (χ4v) is 2.85. The van der Waals surface area contributed by atoms with Crippen molar-refractivity contribution in [3.63, 3.8) is 0 Å². The van der Waals surface area contributed by atoms with Crippen LogP contribution in [0.25, 0.3) is 0 Å². The summed E-state index contributed by atoms with van der Waals surface area (Å²) < 4.78 is 5.17. The second-order valence-corrected chi connectivity index (χ2v) is 6.47. The molecule has 0 radical (unpaired) electrons. The monoisotopic (exact) mass is 290 g/mol. The van der Waals surface area contributed by atoms with Crippen molar-refractivity contribution in [2.45, 2.75) is 45.3 Å². The van der Waals surface area contributed by atoms with Crippen molar-refractivity contribution in [3.8, 4) is 0 Å². The van der Waals surface area contributed by atoms with Gasteiger partial charge in [0.2, 0.25) is 0 Å². The van der Waals surface area contributed by atoms with Crippen LogP contribution in [-0.2, 0) is 11.3 Å². The molecule has 1 aliphatic heterocycles. The molecule has 2 rings (SSSR count). The highest BCUT2D eigenvalue weighted by Gasteiger charge is 2.29. The van der Waals surface area contributed by atoms with E-state index in [1.54, 1.807) is 0 Å². The minimum absolute atomic E-state index is 0.271. The van der Waals surface area contributed by atoms with Gasteiger partial charge in [-0.1, -0.05) is 30.3 Å². The first-order valence-corrected chi connectivity index (χ1v) is 7.75. The number of hydrogen-bond acceptors (Lipinski definition) is 3. The number of ether oxygens (including phenoxy) is 1. The maximum absolute atomic E-state index is 11.6. The molecule has 1 fully saturated rings. The molecule has 0 unspecified atom stereocenters. The highest BCUT2D eigenvalue weighted by molar-refractivity contribution is 5.67. The normalized spacial score (nSPS) is 20.2. The Labute approximate surface area is 127 Å². The Hall–Kier alpha value is -1.55. The van der Waals surface area contributed by atoms with Crippen molar-refractivity contribution in [2.24, 2.45) is 5.92 Å². The molecule has 1 atom stereocenters. The molecule has 0 bridgehead atoms. The van der Waals surface area contributed by atoms with Crippen LogP contribution in [0, 0.1) is 5.92 Å². The number of amides is 1. The molecule has 0 aliphatic carbocycles. The lowest BCUT2D eigenvalue weighted by molar-refractivity contribution is 0.139. The van der Waals surface area contributed by atoms with Crippen LogP contribution in [0.5, 0.6) is 0 Å². The minimum atomic E-state index is -0.330. The van der Waals surface area contributed by atoms with E-state index in [0.717, 1.165) is 30.9 Å². The highest BCUT2D eigenvalue weighted by Crippen LogP contribution is 2.26. The smallest absolute Gasteiger partial charge is 0.407 e.